The zero-order valence-electron chi connectivity index (χ0n) is 5.72. The maximum Gasteiger partial charge on any atom is 0.145 e. The predicted octanol–water partition coefficient (Wildman–Crippen LogP) is 1.91. The van der Waals surface area contributed by atoms with Gasteiger partial charge in [0, 0.05) is 0 Å². The lowest BCUT2D eigenvalue weighted by atomic mass is 10.3. The van der Waals surface area contributed by atoms with E-state index < -0.39 is 11.0 Å². The zero-order valence-corrected chi connectivity index (χ0v) is 8.69. The van der Waals surface area contributed by atoms with Crippen LogP contribution in [0.15, 0.2) is 4.40 Å². The third kappa shape index (κ3) is 4.02. The van der Waals surface area contributed by atoms with Gasteiger partial charge in [0.25, 0.3) is 0 Å². The van der Waals surface area contributed by atoms with Crippen LogP contribution < -0.4 is 0 Å². The Kier molecular flexibility index (Phi) is 3.88. The predicted molar refractivity (Wildman–Crippen MR) is 50.4 cm³/mol. The summed E-state index contributed by atoms with van der Waals surface area (Å²) in [5.74, 6) is 0. The van der Waals surface area contributed by atoms with Crippen LogP contribution in [0.1, 0.15) is 20.8 Å². The summed E-state index contributed by atoms with van der Waals surface area (Å²) in [4.78, 5) is 0. The molecule has 0 aromatic heterocycles. The lowest BCUT2D eigenvalue weighted by Crippen LogP contribution is -2.19. The van der Waals surface area contributed by atoms with Crippen LogP contribution in [0.4, 0.5) is 0 Å². The fourth-order valence-corrected chi connectivity index (χ4v) is 1.20. The van der Waals surface area contributed by atoms with Gasteiger partial charge < -0.3 is 0 Å². The fourth-order valence-electron chi connectivity index (χ4n) is 0.194. The van der Waals surface area contributed by atoms with Crippen molar-refractivity contribution in [1.82, 2.24) is 0 Å². The summed E-state index contributed by atoms with van der Waals surface area (Å²) in [6.07, 6.45) is 0. The average molecular weight is 259 g/mol. The Hall–Kier alpha value is 0.550. The SMILES string of the molecule is CC(C)(C)S(=O)N=CI. The van der Waals surface area contributed by atoms with Crippen molar-refractivity contribution in [3.05, 3.63) is 0 Å². The van der Waals surface area contributed by atoms with E-state index in [1.54, 1.807) is 4.22 Å². The molecule has 0 aromatic carbocycles. The topological polar surface area (TPSA) is 29.4 Å². The van der Waals surface area contributed by atoms with Crippen LogP contribution in [0.2, 0.25) is 0 Å². The first-order valence-corrected chi connectivity index (χ1v) is 4.88. The minimum absolute atomic E-state index is 0.221. The van der Waals surface area contributed by atoms with Gasteiger partial charge in [-0.1, -0.05) is 0 Å². The van der Waals surface area contributed by atoms with Gasteiger partial charge in [-0.2, -0.15) is 4.40 Å². The molecule has 0 N–H and O–H groups in total. The van der Waals surface area contributed by atoms with Crippen molar-refractivity contribution in [3.63, 3.8) is 0 Å². The van der Waals surface area contributed by atoms with E-state index in [2.05, 4.69) is 4.40 Å². The molecule has 0 aliphatic rings. The van der Waals surface area contributed by atoms with E-state index in [1.165, 1.54) is 0 Å². The molecule has 0 radical (unpaired) electrons. The molecule has 0 rings (SSSR count). The highest BCUT2D eigenvalue weighted by atomic mass is 127. The normalized spacial score (nSPS) is 16.4. The highest BCUT2D eigenvalue weighted by Gasteiger charge is 2.17. The molecule has 0 aromatic rings. The molecule has 0 aliphatic heterocycles. The van der Waals surface area contributed by atoms with Crippen LogP contribution in [0.25, 0.3) is 0 Å². The number of hydrogen-bond donors (Lipinski definition) is 0. The molecular formula is C5H10INOS. The van der Waals surface area contributed by atoms with Gasteiger partial charge in [0.05, 0.1) is 8.97 Å². The molecule has 0 spiro atoms. The maximum absolute atomic E-state index is 11.0. The molecule has 0 fully saturated rings. The largest absolute Gasteiger partial charge is 0.234 e. The Bertz CT molecular complexity index is 138. The Morgan fingerprint density at radius 3 is 2.11 bits per heavy atom. The van der Waals surface area contributed by atoms with Crippen molar-refractivity contribution in [2.75, 3.05) is 0 Å². The summed E-state index contributed by atoms with van der Waals surface area (Å²) < 4.78 is 16.0. The summed E-state index contributed by atoms with van der Waals surface area (Å²) in [7, 11) is -1.08. The summed E-state index contributed by atoms with van der Waals surface area (Å²) >= 11 is 1.96. The van der Waals surface area contributed by atoms with Crippen LogP contribution in [-0.4, -0.2) is 13.2 Å². The van der Waals surface area contributed by atoms with E-state index in [9.17, 15) is 4.21 Å². The fraction of sp³-hybridized carbons (Fsp3) is 0.800. The van der Waals surface area contributed by atoms with E-state index >= 15 is 0 Å². The lowest BCUT2D eigenvalue weighted by Gasteiger charge is -2.11. The maximum atomic E-state index is 11.0. The molecule has 0 heterocycles. The van der Waals surface area contributed by atoms with Gasteiger partial charge in [-0.15, -0.1) is 0 Å². The standard InChI is InChI=1S/C5H10INOS/c1-5(2,3)9(8)7-4-6/h4H,1-3H3. The quantitative estimate of drug-likeness (QED) is 0.522. The Morgan fingerprint density at radius 1 is 1.56 bits per heavy atom. The minimum Gasteiger partial charge on any atom is -0.234 e. The molecule has 1 atom stereocenters. The van der Waals surface area contributed by atoms with Gasteiger partial charge in [0.2, 0.25) is 0 Å². The monoisotopic (exact) mass is 259 g/mol. The molecule has 1 unspecified atom stereocenters. The second-order valence-corrected chi connectivity index (χ2v) is 5.06. The van der Waals surface area contributed by atoms with Gasteiger partial charge in [-0.25, -0.2) is 4.21 Å². The second-order valence-electron chi connectivity index (χ2n) is 2.56. The molecule has 0 saturated carbocycles. The van der Waals surface area contributed by atoms with Crippen molar-refractivity contribution in [3.8, 4) is 0 Å². The van der Waals surface area contributed by atoms with Crippen LogP contribution in [-0.2, 0) is 11.0 Å². The second kappa shape index (κ2) is 3.65. The molecule has 0 saturated heterocycles. The van der Waals surface area contributed by atoms with Gasteiger partial charge in [0.15, 0.2) is 0 Å². The van der Waals surface area contributed by atoms with E-state index in [1.807, 2.05) is 43.4 Å². The molecule has 0 bridgehead atoms. The number of rotatable bonds is 1. The van der Waals surface area contributed by atoms with Crippen molar-refractivity contribution in [1.29, 1.82) is 0 Å². The summed E-state index contributed by atoms with van der Waals surface area (Å²) in [5, 5.41) is 0. The molecule has 2 nitrogen and oxygen atoms in total. The average Bonchev–Trinajstić information content (AvgIpc) is 1.64. The first-order chi connectivity index (χ1) is 3.98. The Morgan fingerprint density at radius 2 is 2.00 bits per heavy atom. The summed E-state index contributed by atoms with van der Waals surface area (Å²) in [6.45, 7) is 5.69. The first-order valence-electron chi connectivity index (χ1n) is 2.53. The molecule has 0 amide bonds. The van der Waals surface area contributed by atoms with Gasteiger partial charge in [0.1, 0.15) is 11.0 Å². The first kappa shape index (κ1) is 9.55. The number of hydrogen-bond acceptors (Lipinski definition) is 1. The van der Waals surface area contributed by atoms with E-state index in [0.717, 1.165) is 0 Å². The third-order valence-electron chi connectivity index (χ3n) is 0.659. The number of halogens is 1. The van der Waals surface area contributed by atoms with Crippen molar-refractivity contribution in [2.45, 2.75) is 25.5 Å². The third-order valence-corrected chi connectivity index (χ3v) is 2.66. The molecule has 9 heavy (non-hydrogen) atoms. The van der Waals surface area contributed by atoms with Gasteiger partial charge >= 0.3 is 0 Å². The summed E-state index contributed by atoms with van der Waals surface area (Å²) in [5.41, 5.74) is 0. The van der Waals surface area contributed by atoms with E-state index in [0.29, 0.717) is 0 Å². The van der Waals surface area contributed by atoms with Crippen LogP contribution >= 0.6 is 22.6 Å². The highest BCUT2D eigenvalue weighted by molar-refractivity contribution is 14.1. The van der Waals surface area contributed by atoms with Gasteiger partial charge in [-0.05, 0) is 43.4 Å². The Labute approximate surface area is 71.9 Å². The van der Waals surface area contributed by atoms with Crippen molar-refractivity contribution < 1.29 is 4.21 Å². The lowest BCUT2D eigenvalue weighted by molar-refractivity contribution is 0.651. The highest BCUT2D eigenvalue weighted by Crippen LogP contribution is 2.11. The van der Waals surface area contributed by atoms with Gasteiger partial charge in [-0.3, -0.25) is 0 Å². The van der Waals surface area contributed by atoms with Crippen molar-refractivity contribution in [2.24, 2.45) is 4.40 Å². The van der Waals surface area contributed by atoms with Crippen LogP contribution in [0.3, 0.4) is 0 Å². The number of nitrogens with zero attached hydrogens (tertiary/aromatic N) is 1. The smallest absolute Gasteiger partial charge is 0.145 e. The zero-order chi connectivity index (χ0) is 7.49. The van der Waals surface area contributed by atoms with Crippen LogP contribution in [0.5, 0.6) is 0 Å². The Balaban J connectivity index is 4.06. The molecule has 0 aliphatic carbocycles. The van der Waals surface area contributed by atoms with Crippen LogP contribution in [0, 0.1) is 0 Å². The van der Waals surface area contributed by atoms with E-state index in [4.69, 9.17) is 0 Å². The summed E-state index contributed by atoms with van der Waals surface area (Å²) in [6, 6.07) is 0. The van der Waals surface area contributed by atoms with Crippen molar-refractivity contribution >= 4 is 37.8 Å². The van der Waals surface area contributed by atoms with E-state index in [-0.39, 0.29) is 4.75 Å². The molecule has 54 valence electrons. The minimum atomic E-state index is -1.08. The molecular weight excluding hydrogens is 249 g/mol. The molecule has 4 heteroatoms.